The van der Waals surface area contributed by atoms with Gasteiger partial charge in [0, 0.05) is 24.7 Å². The normalized spacial score (nSPS) is 10.8. The number of carboxylic acids is 1. The molecule has 0 fully saturated rings. The van der Waals surface area contributed by atoms with Crippen molar-refractivity contribution < 1.29 is 14.7 Å². The van der Waals surface area contributed by atoms with Crippen molar-refractivity contribution in [2.24, 2.45) is 0 Å². The molecule has 0 saturated heterocycles. The molecule has 0 aliphatic heterocycles. The lowest BCUT2D eigenvalue weighted by atomic mass is 10.2. The Labute approximate surface area is 119 Å². The highest BCUT2D eigenvalue weighted by molar-refractivity contribution is 5.76. The van der Waals surface area contributed by atoms with Gasteiger partial charge in [-0.05, 0) is 40.2 Å². The monoisotopic (exact) mass is 281 g/mol. The predicted octanol–water partition coefficient (Wildman–Crippen LogP) is 1.60. The third-order valence-electron chi connectivity index (χ3n) is 3.12. The first-order valence-electron chi connectivity index (χ1n) is 6.83. The number of aliphatic carboxylic acids is 1. The zero-order chi connectivity index (χ0) is 15.3. The van der Waals surface area contributed by atoms with Gasteiger partial charge in [0.15, 0.2) is 0 Å². The average Bonchev–Trinajstić information content (AvgIpc) is 2.62. The van der Waals surface area contributed by atoms with E-state index in [4.69, 9.17) is 5.11 Å². The smallest absolute Gasteiger partial charge is 0.303 e. The Morgan fingerprint density at radius 1 is 1.40 bits per heavy atom. The topological polar surface area (TPSA) is 75.4 Å². The number of aryl methyl sites for hydroxylation is 2. The molecule has 1 aromatic rings. The zero-order valence-corrected chi connectivity index (χ0v) is 12.6. The minimum absolute atomic E-state index is 0.0309. The number of carbonyl (C=O) groups is 2. The van der Waals surface area contributed by atoms with Crippen LogP contribution in [0.1, 0.15) is 38.1 Å². The van der Waals surface area contributed by atoms with Crippen LogP contribution < -0.4 is 0 Å². The number of aromatic nitrogens is 2. The molecular weight excluding hydrogens is 258 g/mol. The Balaban J connectivity index is 2.64. The van der Waals surface area contributed by atoms with Gasteiger partial charge in [-0.2, -0.15) is 5.10 Å². The lowest BCUT2D eigenvalue weighted by Crippen LogP contribution is -2.40. The first-order valence-corrected chi connectivity index (χ1v) is 6.83. The van der Waals surface area contributed by atoms with Gasteiger partial charge in [-0.15, -0.1) is 0 Å². The van der Waals surface area contributed by atoms with E-state index in [1.54, 1.807) is 9.58 Å². The molecule has 1 rings (SSSR count). The van der Waals surface area contributed by atoms with Gasteiger partial charge >= 0.3 is 5.97 Å². The fourth-order valence-electron chi connectivity index (χ4n) is 2.13. The summed E-state index contributed by atoms with van der Waals surface area (Å²) in [7, 11) is 0. The summed E-state index contributed by atoms with van der Waals surface area (Å²) in [5, 5.41) is 12.9. The van der Waals surface area contributed by atoms with Gasteiger partial charge in [0.1, 0.15) is 6.54 Å². The number of hydrogen-bond donors (Lipinski definition) is 1. The third-order valence-corrected chi connectivity index (χ3v) is 3.12. The van der Waals surface area contributed by atoms with Crippen LogP contribution in [-0.4, -0.2) is 44.3 Å². The number of carboxylic acid groups (broad SMARTS) is 1. The summed E-state index contributed by atoms with van der Waals surface area (Å²) in [6.45, 7) is 8.32. The summed E-state index contributed by atoms with van der Waals surface area (Å²) in [5.41, 5.74) is 1.84. The maximum absolute atomic E-state index is 12.3. The molecule has 0 aliphatic rings. The van der Waals surface area contributed by atoms with Crippen molar-refractivity contribution in [3.63, 3.8) is 0 Å². The van der Waals surface area contributed by atoms with Crippen LogP contribution in [0.3, 0.4) is 0 Å². The largest absolute Gasteiger partial charge is 0.481 e. The van der Waals surface area contributed by atoms with E-state index in [9.17, 15) is 9.59 Å². The first-order chi connectivity index (χ1) is 9.31. The molecule has 112 valence electrons. The Morgan fingerprint density at radius 3 is 2.50 bits per heavy atom. The van der Waals surface area contributed by atoms with Crippen LogP contribution in [0.25, 0.3) is 0 Å². The van der Waals surface area contributed by atoms with Crippen molar-refractivity contribution in [1.82, 2.24) is 14.7 Å². The van der Waals surface area contributed by atoms with Crippen molar-refractivity contribution in [3.05, 3.63) is 17.5 Å². The Morgan fingerprint density at radius 2 is 2.05 bits per heavy atom. The maximum atomic E-state index is 12.3. The van der Waals surface area contributed by atoms with E-state index in [0.29, 0.717) is 13.0 Å². The van der Waals surface area contributed by atoms with Gasteiger partial charge in [-0.25, -0.2) is 0 Å². The molecule has 0 radical (unpaired) electrons. The SMILES string of the molecule is Cc1cc(C)n(CC(=O)N(CCCC(=O)O)C(C)C)n1. The van der Waals surface area contributed by atoms with Crippen molar-refractivity contribution in [2.75, 3.05) is 6.54 Å². The molecule has 6 heteroatoms. The van der Waals surface area contributed by atoms with E-state index >= 15 is 0 Å². The van der Waals surface area contributed by atoms with Gasteiger partial charge in [-0.3, -0.25) is 14.3 Å². The average molecular weight is 281 g/mol. The number of rotatable bonds is 7. The molecule has 0 saturated carbocycles. The minimum atomic E-state index is -0.834. The molecule has 0 aliphatic carbocycles. The van der Waals surface area contributed by atoms with Gasteiger partial charge in [0.25, 0.3) is 0 Å². The molecule has 0 atom stereocenters. The molecule has 1 N–H and O–H groups in total. The molecular formula is C14H23N3O3. The fourth-order valence-corrected chi connectivity index (χ4v) is 2.13. The van der Waals surface area contributed by atoms with Crippen molar-refractivity contribution in [1.29, 1.82) is 0 Å². The zero-order valence-electron chi connectivity index (χ0n) is 12.6. The third kappa shape index (κ3) is 4.68. The summed E-state index contributed by atoms with van der Waals surface area (Å²) in [4.78, 5) is 24.6. The lowest BCUT2D eigenvalue weighted by molar-refractivity contribution is -0.138. The summed E-state index contributed by atoms with van der Waals surface area (Å²) >= 11 is 0. The molecule has 0 bridgehead atoms. The maximum Gasteiger partial charge on any atom is 0.303 e. The second kappa shape index (κ2) is 7.07. The molecule has 1 heterocycles. The standard InChI is InChI=1S/C14H23N3O3/c1-10(2)16(7-5-6-14(19)20)13(18)9-17-12(4)8-11(3)15-17/h8,10H,5-7,9H2,1-4H3,(H,19,20). The molecule has 0 spiro atoms. The quantitative estimate of drug-likeness (QED) is 0.823. The highest BCUT2D eigenvalue weighted by Gasteiger charge is 2.18. The Hall–Kier alpha value is -1.85. The summed E-state index contributed by atoms with van der Waals surface area (Å²) in [5.74, 6) is -0.865. The van der Waals surface area contributed by atoms with Crippen LogP contribution >= 0.6 is 0 Å². The van der Waals surface area contributed by atoms with Crippen LogP contribution in [0.2, 0.25) is 0 Å². The minimum Gasteiger partial charge on any atom is -0.481 e. The first kappa shape index (κ1) is 16.2. The van der Waals surface area contributed by atoms with Crippen LogP contribution in [0.15, 0.2) is 6.07 Å². The summed E-state index contributed by atoms with van der Waals surface area (Å²) in [6, 6.07) is 1.98. The number of amides is 1. The second-order valence-electron chi connectivity index (χ2n) is 5.26. The summed E-state index contributed by atoms with van der Waals surface area (Å²) in [6.07, 6.45) is 0.548. The summed E-state index contributed by atoms with van der Waals surface area (Å²) < 4.78 is 1.68. The molecule has 1 amide bonds. The highest BCUT2D eigenvalue weighted by Crippen LogP contribution is 2.07. The van der Waals surface area contributed by atoms with E-state index in [1.165, 1.54) is 0 Å². The van der Waals surface area contributed by atoms with Gasteiger partial charge in [0.2, 0.25) is 5.91 Å². The van der Waals surface area contributed by atoms with Crippen LogP contribution in [-0.2, 0) is 16.1 Å². The molecule has 1 aromatic heterocycles. The Bertz CT molecular complexity index is 480. The molecule has 6 nitrogen and oxygen atoms in total. The fraction of sp³-hybridized carbons (Fsp3) is 0.643. The van der Waals surface area contributed by atoms with Gasteiger partial charge < -0.3 is 10.0 Å². The van der Waals surface area contributed by atoms with Gasteiger partial charge in [-0.1, -0.05) is 0 Å². The molecule has 0 aromatic carbocycles. The van der Waals surface area contributed by atoms with E-state index < -0.39 is 5.97 Å². The van der Waals surface area contributed by atoms with E-state index in [0.717, 1.165) is 11.4 Å². The molecule has 0 unspecified atom stereocenters. The van der Waals surface area contributed by atoms with Crippen molar-refractivity contribution in [3.8, 4) is 0 Å². The molecule has 20 heavy (non-hydrogen) atoms. The lowest BCUT2D eigenvalue weighted by Gasteiger charge is -2.26. The predicted molar refractivity (Wildman–Crippen MR) is 75.4 cm³/mol. The van der Waals surface area contributed by atoms with Crippen molar-refractivity contribution >= 4 is 11.9 Å². The van der Waals surface area contributed by atoms with Gasteiger partial charge in [0.05, 0.1) is 5.69 Å². The number of nitrogens with zero attached hydrogens (tertiary/aromatic N) is 3. The van der Waals surface area contributed by atoms with Crippen molar-refractivity contribution in [2.45, 2.75) is 53.1 Å². The van der Waals surface area contributed by atoms with E-state index in [2.05, 4.69) is 5.10 Å². The number of hydrogen-bond acceptors (Lipinski definition) is 3. The number of carbonyl (C=O) groups excluding carboxylic acids is 1. The highest BCUT2D eigenvalue weighted by atomic mass is 16.4. The second-order valence-corrected chi connectivity index (χ2v) is 5.26. The van der Waals surface area contributed by atoms with E-state index in [-0.39, 0.29) is 24.9 Å². The van der Waals surface area contributed by atoms with E-state index in [1.807, 2.05) is 33.8 Å². The van der Waals surface area contributed by atoms with Crippen LogP contribution in [0, 0.1) is 13.8 Å². The van der Waals surface area contributed by atoms with Crippen LogP contribution in [0.4, 0.5) is 0 Å². The Kier molecular flexibility index (Phi) is 5.73. The van der Waals surface area contributed by atoms with Crippen LogP contribution in [0.5, 0.6) is 0 Å².